The largest absolute Gasteiger partial charge is 0.489 e. The Hall–Kier alpha value is -4.79. The second-order valence-corrected chi connectivity index (χ2v) is 7.79. The predicted octanol–water partition coefficient (Wildman–Crippen LogP) is 4.93. The van der Waals surface area contributed by atoms with Crippen molar-refractivity contribution in [3.8, 4) is 5.75 Å². The van der Waals surface area contributed by atoms with Gasteiger partial charge >= 0.3 is 0 Å². The van der Waals surface area contributed by atoms with Crippen LogP contribution in [-0.2, 0) is 17.9 Å². The summed E-state index contributed by atoms with van der Waals surface area (Å²) in [6, 6.07) is 21.3. The van der Waals surface area contributed by atoms with Crippen LogP contribution in [0.25, 0.3) is 10.9 Å². The lowest BCUT2D eigenvalue weighted by molar-refractivity contribution is -0.116. The maximum Gasteiger partial charge on any atom is 0.246 e. The standard InChI is InChI=1S/C26H21FN6O2/c27-19-7-4-8-20(11-19)31-25(34)15-33-14-21(13-30-33)32-26-23-10-9-22(12-24(23)28-17-29-26)35-16-18-5-2-1-3-6-18/h1-14,17H,15-16H2,(H,31,34)(H,28,29,32). The van der Waals surface area contributed by atoms with Gasteiger partial charge in [0.25, 0.3) is 0 Å². The number of hydrogen-bond acceptors (Lipinski definition) is 6. The molecule has 5 aromatic rings. The molecule has 1 amide bonds. The first-order valence-corrected chi connectivity index (χ1v) is 10.9. The zero-order chi connectivity index (χ0) is 24.0. The lowest BCUT2D eigenvalue weighted by Gasteiger charge is -2.09. The molecule has 0 unspecified atom stereocenters. The van der Waals surface area contributed by atoms with E-state index in [1.807, 2.05) is 48.5 Å². The number of carbonyl (C=O) groups is 1. The molecule has 0 fully saturated rings. The van der Waals surface area contributed by atoms with Crippen LogP contribution >= 0.6 is 0 Å². The van der Waals surface area contributed by atoms with Crippen LogP contribution in [-0.4, -0.2) is 25.7 Å². The smallest absolute Gasteiger partial charge is 0.246 e. The van der Waals surface area contributed by atoms with Gasteiger partial charge in [-0.2, -0.15) is 5.10 Å². The van der Waals surface area contributed by atoms with Gasteiger partial charge in [0.1, 0.15) is 36.9 Å². The molecular weight excluding hydrogens is 447 g/mol. The number of amides is 1. The number of carbonyl (C=O) groups excluding carboxylic acids is 1. The molecule has 3 aromatic carbocycles. The van der Waals surface area contributed by atoms with Crippen molar-refractivity contribution >= 4 is 34.0 Å². The minimum atomic E-state index is -0.416. The number of benzene rings is 3. The maximum atomic E-state index is 13.3. The molecule has 0 saturated heterocycles. The van der Waals surface area contributed by atoms with Gasteiger partial charge in [0, 0.05) is 23.3 Å². The van der Waals surface area contributed by atoms with Crippen molar-refractivity contribution in [3.05, 3.63) is 103 Å². The highest BCUT2D eigenvalue weighted by molar-refractivity contribution is 5.92. The Labute approximate surface area is 200 Å². The molecule has 2 heterocycles. The van der Waals surface area contributed by atoms with Crippen LogP contribution in [0.2, 0.25) is 0 Å². The fourth-order valence-corrected chi connectivity index (χ4v) is 3.53. The molecule has 0 bridgehead atoms. The van der Waals surface area contributed by atoms with E-state index in [-0.39, 0.29) is 12.5 Å². The fourth-order valence-electron chi connectivity index (χ4n) is 3.53. The molecule has 2 aromatic heterocycles. The van der Waals surface area contributed by atoms with Crippen molar-refractivity contribution in [1.29, 1.82) is 0 Å². The molecule has 9 heteroatoms. The minimum absolute atomic E-state index is 0.0230. The van der Waals surface area contributed by atoms with Gasteiger partial charge in [-0.1, -0.05) is 36.4 Å². The minimum Gasteiger partial charge on any atom is -0.489 e. The van der Waals surface area contributed by atoms with Crippen LogP contribution in [0.3, 0.4) is 0 Å². The van der Waals surface area contributed by atoms with Crippen LogP contribution in [0, 0.1) is 5.82 Å². The fraction of sp³-hybridized carbons (Fsp3) is 0.0769. The number of aromatic nitrogens is 4. The molecule has 35 heavy (non-hydrogen) atoms. The highest BCUT2D eigenvalue weighted by Gasteiger charge is 2.09. The monoisotopic (exact) mass is 468 g/mol. The first kappa shape index (κ1) is 22.0. The number of anilines is 3. The average molecular weight is 468 g/mol. The number of ether oxygens (including phenoxy) is 1. The molecule has 8 nitrogen and oxygen atoms in total. The van der Waals surface area contributed by atoms with Crippen molar-refractivity contribution in [1.82, 2.24) is 19.7 Å². The van der Waals surface area contributed by atoms with Crippen LogP contribution in [0.5, 0.6) is 5.75 Å². The number of nitrogens with one attached hydrogen (secondary N) is 2. The van der Waals surface area contributed by atoms with E-state index < -0.39 is 5.82 Å². The molecular formula is C26H21FN6O2. The lowest BCUT2D eigenvalue weighted by atomic mass is 10.2. The Bertz CT molecular complexity index is 1470. The molecule has 0 aliphatic carbocycles. The zero-order valence-corrected chi connectivity index (χ0v) is 18.6. The van der Waals surface area contributed by atoms with E-state index in [1.54, 1.807) is 18.5 Å². The van der Waals surface area contributed by atoms with Crippen LogP contribution in [0.15, 0.2) is 91.5 Å². The first-order chi connectivity index (χ1) is 17.1. The molecule has 0 aliphatic rings. The highest BCUT2D eigenvalue weighted by Crippen LogP contribution is 2.26. The van der Waals surface area contributed by atoms with E-state index >= 15 is 0 Å². The summed E-state index contributed by atoms with van der Waals surface area (Å²) in [6.45, 7) is 0.444. The van der Waals surface area contributed by atoms with Gasteiger partial charge in [-0.15, -0.1) is 0 Å². The third-order valence-corrected chi connectivity index (χ3v) is 5.17. The third kappa shape index (κ3) is 5.59. The molecule has 0 aliphatic heterocycles. The second kappa shape index (κ2) is 10.0. The summed E-state index contributed by atoms with van der Waals surface area (Å²) in [6.07, 6.45) is 4.76. The Morgan fingerprint density at radius 1 is 0.971 bits per heavy atom. The normalized spacial score (nSPS) is 10.8. The summed E-state index contributed by atoms with van der Waals surface area (Å²) in [5.41, 5.74) is 2.86. The Morgan fingerprint density at radius 3 is 2.71 bits per heavy atom. The number of hydrogen-bond donors (Lipinski definition) is 2. The molecule has 0 radical (unpaired) electrons. The van der Waals surface area contributed by atoms with Crippen LogP contribution < -0.4 is 15.4 Å². The molecule has 174 valence electrons. The molecule has 2 N–H and O–H groups in total. The highest BCUT2D eigenvalue weighted by atomic mass is 19.1. The van der Waals surface area contributed by atoms with Crippen molar-refractivity contribution in [3.63, 3.8) is 0 Å². The summed E-state index contributed by atoms with van der Waals surface area (Å²) in [4.78, 5) is 21.0. The van der Waals surface area contributed by atoms with E-state index in [9.17, 15) is 9.18 Å². The first-order valence-electron chi connectivity index (χ1n) is 10.9. The number of fused-ring (bicyclic) bond motifs is 1. The van der Waals surface area contributed by atoms with E-state index in [4.69, 9.17) is 4.74 Å². The molecule has 0 atom stereocenters. The van der Waals surface area contributed by atoms with E-state index in [0.29, 0.717) is 29.5 Å². The van der Waals surface area contributed by atoms with Gasteiger partial charge in [0.05, 0.1) is 17.4 Å². The number of nitrogens with zero attached hydrogens (tertiary/aromatic N) is 4. The van der Waals surface area contributed by atoms with E-state index in [0.717, 1.165) is 16.5 Å². The SMILES string of the molecule is O=C(Cn1cc(Nc2ncnc3cc(OCc4ccccc4)ccc23)cn1)Nc1cccc(F)c1. The average Bonchev–Trinajstić information content (AvgIpc) is 3.30. The molecule has 5 rings (SSSR count). The van der Waals surface area contributed by atoms with Crippen LogP contribution in [0.1, 0.15) is 5.56 Å². The quantitative estimate of drug-likeness (QED) is 0.336. The van der Waals surface area contributed by atoms with Crippen LogP contribution in [0.4, 0.5) is 21.6 Å². The van der Waals surface area contributed by atoms with Crippen molar-refractivity contribution in [2.24, 2.45) is 0 Å². The zero-order valence-electron chi connectivity index (χ0n) is 18.6. The Kier molecular flexibility index (Phi) is 6.29. The van der Waals surface area contributed by atoms with Gasteiger partial charge in [0.15, 0.2) is 0 Å². The van der Waals surface area contributed by atoms with Gasteiger partial charge in [-0.25, -0.2) is 14.4 Å². The summed E-state index contributed by atoms with van der Waals surface area (Å²) in [5, 5.41) is 10.9. The van der Waals surface area contributed by atoms with Crippen molar-refractivity contribution in [2.75, 3.05) is 10.6 Å². The van der Waals surface area contributed by atoms with E-state index in [1.165, 1.54) is 29.2 Å². The van der Waals surface area contributed by atoms with Gasteiger partial charge in [-0.05, 0) is 35.9 Å². The number of halogens is 1. The molecule has 0 spiro atoms. The summed E-state index contributed by atoms with van der Waals surface area (Å²) >= 11 is 0. The van der Waals surface area contributed by atoms with Crippen molar-refractivity contribution in [2.45, 2.75) is 13.2 Å². The topological polar surface area (TPSA) is 94.0 Å². The van der Waals surface area contributed by atoms with Gasteiger partial charge in [0.2, 0.25) is 5.91 Å². The Morgan fingerprint density at radius 2 is 1.86 bits per heavy atom. The van der Waals surface area contributed by atoms with Crippen molar-refractivity contribution < 1.29 is 13.9 Å². The maximum absolute atomic E-state index is 13.3. The lowest BCUT2D eigenvalue weighted by Crippen LogP contribution is -2.19. The Balaban J connectivity index is 1.24. The predicted molar refractivity (Wildman–Crippen MR) is 131 cm³/mol. The second-order valence-electron chi connectivity index (χ2n) is 7.79. The van der Waals surface area contributed by atoms with E-state index in [2.05, 4.69) is 25.7 Å². The number of rotatable bonds is 8. The molecule has 0 saturated carbocycles. The van der Waals surface area contributed by atoms with Gasteiger partial charge in [-0.3, -0.25) is 9.48 Å². The summed E-state index contributed by atoms with van der Waals surface area (Å²) in [7, 11) is 0. The summed E-state index contributed by atoms with van der Waals surface area (Å²) < 4.78 is 20.7. The van der Waals surface area contributed by atoms with Gasteiger partial charge < -0.3 is 15.4 Å². The third-order valence-electron chi connectivity index (χ3n) is 5.17. The summed E-state index contributed by atoms with van der Waals surface area (Å²) in [5.74, 6) is 0.581.